The molecule has 0 bridgehead atoms. The summed E-state index contributed by atoms with van der Waals surface area (Å²) >= 11 is 0. The van der Waals surface area contributed by atoms with Crippen molar-refractivity contribution in [3.05, 3.63) is 12.7 Å². The van der Waals surface area contributed by atoms with E-state index in [0.29, 0.717) is 13.0 Å². The van der Waals surface area contributed by atoms with Gasteiger partial charge in [-0.1, -0.05) is 6.08 Å². The summed E-state index contributed by atoms with van der Waals surface area (Å²) in [6.45, 7) is 5.74. The number of likely N-dealkylation sites (tertiary alicyclic amines) is 1. The van der Waals surface area contributed by atoms with Crippen molar-refractivity contribution in [1.29, 1.82) is 0 Å². The van der Waals surface area contributed by atoms with E-state index in [-0.39, 0.29) is 13.1 Å². The Morgan fingerprint density at radius 1 is 1.40 bits per heavy atom. The van der Waals surface area contributed by atoms with Crippen molar-refractivity contribution in [1.82, 2.24) is 15.5 Å². The summed E-state index contributed by atoms with van der Waals surface area (Å²) in [6, 6.07) is -0.607. The molecule has 0 radical (unpaired) electrons. The third-order valence-electron chi connectivity index (χ3n) is 3.49. The van der Waals surface area contributed by atoms with Gasteiger partial charge in [0, 0.05) is 6.54 Å². The van der Waals surface area contributed by atoms with E-state index in [2.05, 4.69) is 17.2 Å². The topological polar surface area (TPSA) is 98.7 Å². The number of carboxylic acids is 1. The third-order valence-corrected chi connectivity index (χ3v) is 3.49. The molecule has 1 aliphatic rings. The molecule has 1 fully saturated rings. The quantitative estimate of drug-likeness (QED) is 0.631. The first-order valence-electron chi connectivity index (χ1n) is 6.57. The number of rotatable bonds is 5. The zero-order valence-corrected chi connectivity index (χ0v) is 11.6. The molecule has 1 unspecified atom stereocenters. The average Bonchev–Trinajstić information content (AvgIpc) is 2.38. The molecule has 1 atom stereocenters. The van der Waals surface area contributed by atoms with Gasteiger partial charge >= 0.3 is 12.0 Å². The maximum absolute atomic E-state index is 11.8. The highest BCUT2D eigenvalue weighted by Gasteiger charge is 2.41. The summed E-state index contributed by atoms with van der Waals surface area (Å²) in [4.78, 5) is 36.1. The molecule has 112 valence electrons. The van der Waals surface area contributed by atoms with Crippen LogP contribution in [-0.4, -0.2) is 53.1 Å². The lowest BCUT2D eigenvalue weighted by atomic mass is 9.88. The molecule has 3 amide bonds. The van der Waals surface area contributed by atoms with E-state index in [1.165, 1.54) is 6.08 Å². The van der Waals surface area contributed by atoms with E-state index in [1.54, 1.807) is 11.8 Å². The number of aliphatic carboxylic acids is 1. The molecule has 0 aliphatic carbocycles. The number of nitrogens with one attached hydrogen (secondary N) is 2. The summed E-state index contributed by atoms with van der Waals surface area (Å²) in [5.41, 5.74) is -1.05. The van der Waals surface area contributed by atoms with Gasteiger partial charge < -0.3 is 10.4 Å². The van der Waals surface area contributed by atoms with Crippen LogP contribution in [-0.2, 0) is 9.59 Å². The molecule has 0 aromatic rings. The Morgan fingerprint density at radius 2 is 2.10 bits per heavy atom. The Hall–Kier alpha value is -1.89. The second-order valence-corrected chi connectivity index (χ2v) is 5.00. The smallest absolute Gasteiger partial charge is 0.323 e. The van der Waals surface area contributed by atoms with E-state index in [4.69, 9.17) is 0 Å². The Kier molecular flexibility index (Phi) is 5.69. The normalized spacial score (nSPS) is 22.9. The fraction of sp³-hybridized carbons (Fsp3) is 0.615. The van der Waals surface area contributed by atoms with Crippen LogP contribution in [0.15, 0.2) is 12.7 Å². The standard InChI is InChI=1S/C13H21N3O4/c1-3-7-14-12(20)15-10(17)9-16-8-5-4-6-13(16,2)11(18)19/h3H,1,4-9H2,2H3,(H,18,19)(H2,14,15,17,20). The molecule has 1 saturated heterocycles. The Balaban J connectivity index is 2.56. The third kappa shape index (κ3) is 4.06. The van der Waals surface area contributed by atoms with Gasteiger partial charge in [0.15, 0.2) is 0 Å². The minimum atomic E-state index is -1.05. The number of carbonyl (C=O) groups excluding carboxylic acids is 2. The second kappa shape index (κ2) is 7.04. The molecule has 0 aromatic carbocycles. The Labute approximate surface area is 118 Å². The molecule has 0 saturated carbocycles. The van der Waals surface area contributed by atoms with Crippen LogP contribution in [0.2, 0.25) is 0 Å². The Morgan fingerprint density at radius 3 is 2.70 bits per heavy atom. The summed E-state index contributed by atoms with van der Waals surface area (Å²) in [5.74, 6) is -1.46. The maximum atomic E-state index is 11.8. The van der Waals surface area contributed by atoms with E-state index in [1.807, 2.05) is 0 Å². The fourth-order valence-corrected chi connectivity index (χ4v) is 2.22. The van der Waals surface area contributed by atoms with E-state index in [0.717, 1.165) is 12.8 Å². The van der Waals surface area contributed by atoms with Gasteiger partial charge in [0.05, 0.1) is 6.54 Å². The van der Waals surface area contributed by atoms with Crippen LogP contribution < -0.4 is 10.6 Å². The van der Waals surface area contributed by atoms with Crippen LogP contribution in [0.3, 0.4) is 0 Å². The molecule has 0 spiro atoms. The molecule has 7 nitrogen and oxygen atoms in total. The lowest BCUT2D eigenvalue weighted by Gasteiger charge is -2.41. The molecular weight excluding hydrogens is 262 g/mol. The van der Waals surface area contributed by atoms with Gasteiger partial charge in [0.2, 0.25) is 5.91 Å². The van der Waals surface area contributed by atoms with Gasteiger partial charge in [0.25, 0.3) is 0 Å². The molecular formula is C13H21N3O4. The summed E-state index contributed by atoms with van der Waals surface area (Å²) in [5, 5.41) is 13.9. The molecule has 1 aliphatic heterocycles. The van der Waals surface area contributed by atoms with Gasteiger partial charge in [-0.05, 0) is 32.7 Å². The Bertz CT molecular complexity index is 410. The van der Waals surface area contributed by atoms with Crippen LogP contribution in [0, 0.1) is 0 Å². The number of carboxylic acid groups (broad SMARTS) is 1. The van der Waals surface area contributed by atoms with Crippen molar-refractivity contribution < 1.29 is 19.5 Å². The van der Waals surface area contributed by atoms with Gasteiger partial charge in [-0.2, -0.15) is 0 Å². The average molecular weight is 283 g/mol. The number of nitrogens with zero attached hydrogens (tertiary/aromatic N) is 1. The highest BCUT2D eigenvalue weighted by atomic mass is 16.4. The van der Waals surface area contributed by atoms with Crippen molar-refractivity contribution in [3.63, 3.8) is 0 Å². The van der Waals surface area contributed by atoms with Gasteiger partial charge in [0.1, 0.15) is 5.54 Å². The molecule has 1 heterocycles. The predicted octanol–water partition coefficient (Wildman–Crippen LogP) is 0.327. The predicted molar refractivity (Wildman–Crippen MR) is 73.2 cm³/mol. The molecule has 3 N–H and O–H groups in total. The number of hydrogen-bond donors (Lipinski definition) is 3. The van der Waals surface area contributed by atoms with E-state index < -0.39 is 23.4 Å². The van der Waals surface area contributed by atoms with E-state index in [9.17, 15) is 19.5 Å². The number of carbonyl (C=O) groups is 3. The first-order chi connectivity index (χ1) is 9.40. The summed E-state index contributed by atoms with van der Waals surface area (Å²) in [7, 11) is 0. The van der Waals surface area contributed by atoms with Crippen LogP contribution in [0.4, 0.5) is 4.79 Å². The lowest BCUT2D eigenvalue weighted by Crippen LogP contribution is -2.58. The number of imide groups is 1. The monoisotopic (exact) mass is 283 g/mol. The summed E-state index contributed by atoms with van der Waals surface area (Å²) < 4.78 is 0. The second-order valence-electron chi connectivity index (χ2n) is 5.00. The minimum absolute atomic E-state index is 0.107. The van der Waals surface area contributed by atoms with Crippen molar-refractivity contribution >= 4 is 17.9 Å². The fourth-order valence-electron chi connectivity index (χ4n) is 2.22. The highest BCUT2D eigenvalue weighted by molar-refractivity contribution is 5.95. The largest absolute Gasteiger partial charge is 0.480 e. The van der Waals surface area contributed by atoms with Crippen molar-refractivity contribution in [2.24, 2.45) is 0 Å². The first kappa shape index (κ1) is 16.2. The van der Waals surface area contributed by atoms with Crippen molar-refractivity contribution in [2.45, 2.75) is 31.7 Å². The SMILES string of the molecule is C=CCNC(=O)NC(=O)CN1CCCCC1(C)C(=O)O. The van der Waals surface area contributed by atoms with Crippen LogP contribution in [0.5, 0.6) is 0 Å². The molecule has 20 heavy (non-hydrogen) atoms. The van der Waals surface area contributed by atoms with Gasteiger partial charge in [-0.25, -0.2) is 4.79 Å². The van der Waals surface area contributed by atoms with Crippen LogP contribution in [0.25, 0.3) is 0 Å². The molecule has 7 heteroatoms. The zero-order valence-electron chi connectivity index (χ0n) is 11.6. The number of urea groups is 1. The zero-order chi connectivity index (χ0) is 15.2. The van der Waals surface area contributed by atoms with Gasteiger partial charge in [-0.15, -0.1) is 6.58 Å². The molecule has 0 aromatic heterocycles. The van der Waals surface area contributed by atoms with Gasteiger partial charge in [-0.3, -0.25) is 19.8 Å². The van der Waals surface area contributed by atoms with Crippen molar-refractivity contribution in [2.75, 3.05) is 19.6 Å². The van der Waals surface area contributed by atoms with E-state index >= 15 is 0 Å². The number of hydrogen-bond acceptors (Lipinski definition) is 4. The molecule has 1 rings (SSSR count). The van der Waals surface area contributed by atoms with Crippen LogP contribution in [0.1, 0.15) is 26.2 Å². The van der Waals surface area contributed by atoms with Crippen LogP contribution >= 0.6 is 0 Å². The number of piperidine rings is 1. The lowest BCUT2D eigenvalue weighted by molar-refractivity contribution is -0.153. The maximum Gasteiger partial charge on any atom is 0.323 e. The summed E-state index contributed by atoms with van der Waals surface area (Å²) in [6.07, 6.45) is 3.66. The van der Waals surface area contributed by atoms with Crippen molar-refractivity contribution in [3.8, 4) is 0 Å². The number of amides is 3. The minimum Gasteiger partial charge on any atom is -0.480 e. The first-order valence-corrected chi connectivity index (χ1v) is 6.57. The highest BCUT2D eigenvalue weighted by Crippen LogP contribution is 2.27.